The largest absolute Gasteiger partial charge is 0.370 e. The van der Waals surface area contributed by atoms with E-state index in [0.717, 1.165) is 69.2 Å². The summed E-state index contributed by atoms with van der Waals surface area (Å²) >= 11 is 0. The van der Waals surface area contributed by atoms with Crippen LogP contribution in [0.3, 0.4) is 0 Å². The third-order valence-corrected chi connectivity index (χ3v) is 5.14. The van der Waals surface area contributed by atoms with E-state index in [-0.39, 0.29) is 6.10 Å². The molecule has 0 aliphatic carbocycles. The number of piperidine rings is 1. The third kappa shape index (κ3) is 4.02. The van der Waals surface area contributed by atoms with Gasteiger partial charge in [0, 0.05) is 37.8 Å². The molecular formula is C20H27N5O. The second-order valence-electron chi connectivity index (χ2n) is 7.11. The van der Waals surface area contributed by atoms with Crippen LogP contribution in [0.2, 0.25) is 0 Å². The van der Waals surface area contributed by atoms with Crippen molar-refractivity contribution in [2.75, 3.05) is 31.1 Å². The number of ether oxygens (including phenoxy) is 1. The van der Waals surface area contributed by atoms with Crippen molar-refractivity contribution in [3.05, 3.63) is 47.2 Å². The maximum atomic E-state index is 6.16. The SMILES string of the molecule is Cc1nc2c(c(N3CCC[C@H](OCc4ccccn4)C3)n1)CCNCC2. The zero-order valence-corrected chi connectivity index (χ0v) is 15.4. The van der Waals surface area contributed by atoms with Crippen molar-refractivity contribution in [3.8, 4) is 0 Å². The van der Waals surface area contributed by atoms with Gasteiger partial charge in [0.05, 0.1) is 24.1 Å². The van der Waals surface area contributed by atoms with Gasteiger partial charge in [0.1, 0.15) is 11.6 Å². The summed E-state index contributed by atoms with van der Waals surface area (Å²) in [6.07, 6.45) is 6.25. The summed E-state index contributed by atoms with van der Waals surface area (Å²) in [5, 5.41) is 3.47. The molecule has 0 amide bonds. The normalized spacial score (nSPS) is 20.5. The Bertz CT molecular complexity index is 736. The van der Waals surface area contributed by atoms with Gasteiger partial charge >= 0.3 is 0 Å². The number of nitrogens with zero attached hydrogens (tertiary/aromatic N) is 4. The lowest BCUT2D eigenvalue weighted by molar-refractivity contribution is 0.0296. The van der Waals surface area contributed by atoms with Crippen LogP contribution in [0.5, 0.6) is 0 Å². The second-order valence-corrected chi connectivity index (χ2v) is 7.11. The zero-order chi connectivity index (χ0) is 17.8. The first kappa shape index (κ1) is 17.4. The number of anilines is 1. The topological polar surface area (TPSA) is 63.2 Å². The fourth-order valence-electron chi connectivity index (χ4n) is 3.86. The summed E-state index contributed by atoms with van der Waals surface area (Å²) in [4.78, 5) is 16.3. The lowest BCUT2D eigenvalue weighted by Crippen LogP contribution is -2.41. The number of aryl methyl sites for hydroxylation is 1. The molecule has 138 valence electrons. The minimum absolute atomic E-state index is 0.223. The standard InChI is InChI=1S/C20H27N5O/c1-15-23-19-8-11-21-10-7-18(19)20(24-15)25-12-4-6-17(13-25)26-14-16-5-2-3-9-22-16/h2-3,5,9,17,21H,4,6-8,10-14H2,1H3/t17-/m0/s1. The van der Waals surface area contributed by atoms with E-state index in [1.807, 2.05) is 31.3 Å². The van der Waals surface area contributed by atoms with E-state index in [1.165, 1.54) is 11.3 Å². The van der Waals surface area contributed by atoms with Gasteiger partial charge in [-0.3, -0.25) is 4.98 Å². The highest BCUT2D eigenvalue weighted by Crippen LogP contribution is 2.27. The zero-order valence-electron chi connectivity index (χ0n) is 15.4. The van der Waals surface area contributed by atoms with Crippen molar-refractivity contribution < 1.29 is 4.74 Å². The van der Waals surface area contributed by atoms with Gasteiger partial charge in [0.25, 0.3) is 0 Å². The highest BCUT2D eigenvalue weighted by atomic mass is 16.5. The minimum Gasteiger partial charge on any atom is -0.370 e. The summed E-state index contributed by atoms with van der Waals surface area (Å²) in [5.41, 5.74) is 3.53. The van der Waals surface area contributed by atoms with E-state index >= 15 is 0 Å². The summed E-state index contributed by atoms with van der Waals surface area (Å²) in [6.45, 7) is 6.51. The van der Waals surface area contributed by atoms with Gasteiger partial charge in [-0.2, -0.15) is 0 Å². The van der Waals surface area contributed by atoms with E-state index in [4.69, 9.17) is 14.7 Å². The number of hydrogen-bond donors (Lipinski definition) is 1. The Balaban J connectivity index is 1.48. The predicted molar refractivity (Wildman–Crippen MR) is 101 cm³/mol. The summed E-state index contributed by atoms with van der Waals surface area (Å²) in [7, 11) is 0. The first-order valence-electron chi connectivity index (χ1n) is 9.63. The van der Waals surface area contributed by atoms with Gasteiger partial charge < -0.3 is 15.0 Å². The molecule has 2 aliphatic heterocycles. The summed E-state index contributed by atoms with van der Waals surface area (Å²) < 4.78 is 6.16. The van der Waals surface area contributed by atoms with Crippen LogP contribution in [-0.4, -0.2) is 47.2 Å². The molecule has 0 saturated carbocycles. The molecule has 0 bridgehead atoms. The molecule has 4 heterocycles. The molecular weight excluding hydrogens is 326 g/mol. The maximum absolute atomic E-state index is 6.16. The van der Waals surface area contributed by atoms with Crippen LogP contribution in [0.15, 0.2) is 24.4 Å². The van der Waals surface area contributed by atoms with Gasteiger partial charge in [-0.15, -0.1) is 0 Å². The van der Waals surface area contributed by atoms with Gasteiger partial charge in [-0.25, -0.2) is 9.97 Å². The average molecular weight is 353 g/mol. The Hall–Kier alpha value is -2.05. The van der Waals surface area contributed by atoms with E-state index in [2.05, 4.69) is 15.2 Å². The van der Waals surface area contributed by atoms with E-state index < -0.39 is 0 Å². The van der Waals surface area contributed by atoms with Crippen LogP contribution in [0, 0.1) is 6.92 Å². The molecule has 0 unspecified atom stereocenters. The van der Waals surface area contributed by atoms with Crippen LogP contribution >= 0.6 is 0 Å². The van der Waals surface area contributed by atoms with Crippen molar-refractivity contribution in [2.45, 2.75) is 45.3 Å². The van der Waals surface area contributed by atoms with Crippen LogP contribution in [0.1, 0.15) is 35.6 Å². The molecule has 1 N–H and O–H groups in total. The molecule has 6 heteroatoms. The number of aromatic nitrogens is 3. The first-order valence-corrected chi connectivity index (χ1v) is 9.63. The molecule has 6 nitrogen and oxygen atoms in total. The monoisotopic (exact) mass is 353 g/mol. The van der Waals surface area contributed by atoms with Crippen LogP contribution in [-0.2, 0) is 24.2 Å². The van der Waals surface area contributed by atoms with E-state index in [9.17, 15) is 0 Å². The molecule has 1 saturated heterocycles. The molecule has 0 spiro atoms. The van der Waals surface area contributed by atoms with Crippen molar-refractivity contribution >= 4 is 5.82 Å². The fourth-order valence-corrected chi connectivity index (χ4v) is 3.86. The molecule has 0 radical (unpaired) electrons. The molecule has 2 aromatic rings. The molecule has 1 fully saturated rings. The Morgan fingerprint density at radius 2 is 2.15 bits per heavy atom. The van der Waals surface area contributed by atoms with Gasteiger partial charge in [0.15, 0.2) is 0 Å². The quantitative estimate of drug-likeness (QED) is 0.908. The molecule has 2 aromatic heterocycles. The Kier molecular flexibility index (Phi) is 5.41. The van der Waals surface area contributed by atoms with Crippen molar-refractivity contribution in [3.63, 3.8) is 0 Å². The minimum atomic E-state index is 0.223. The number of pyridine rings is 1. The second kappa shape index (κ2) is 8.10. The summed E-state index contributed by atoms with van der Waals surface area (Å²) in [6, 6.07) is 5.96. The number of nitrogens with one attached hydrogen (secondary N) is 1. The van der Waals surface area contributed by atoms with Gasteiger partial charge in [-0.1, -0.05) is 6.07 Å². The van der Waals surface area contributed by atoms with Crippen LogP contribution in [0.4, 0.5) is 5.82 Å². The fraction of sp³-hybridized carbons (Fsp3) is 0.550. The Morgan fingerprint density at radius 1 is 1.23 bits per heavy atom. The number of fused-ring (bicyclic) bond motifs is 1. The molecule has 2 aliphatic rings. The number of hydrogen-bond acceptors (Lipinski definition) is 6. The maximum Gasteiger partial charge on any atom is 0.135 e. The van der Waals surface area contributed by atoms with Gasteiger partial charge in [0.2, 0.25) is 0 Å². The van der Waals surface area contributed by atoms with Crippen molar-refractivity contribution in [1.82, 2.24) is 20.3 Å². The van der Waals surface area contributed by atoms with Crippen molar-refractivity contribution in [2.24, 2.45) is 0 Å². The van der Waals surface area contributed by atoms with Gasteiger partial charge in [-0.05, 0) is 44.9 Å². The molecule has 0 aromatic carbocycles. The Labute approximate surface area is 155 Å². The summed E-state index contributed by atoms with van der Waals surface area (Å²) in [5.74, 6) is 2.00. The molecule has 4 rings (SSSR count). The molecule has 26 heavy (non-hydrogen) atoms. The lowest BCUT2D eigenvalue weighted by Gasteiger charge is -2.35. The van der Waals surface area contributed by atoms with E-state index in [1.54, 1.807) is 0 Å². The van der Waals surface area contributed by atoms with Crippen LogP contribution < -0.4 is 10.2 Å². The third-order valence-electron chi connectivity index (χ3n) is 5.14. The molecule has 1 atom stereocenters. The highest BCUT2D eigenvalue weighted by molar-refractivity contribution is 5.50. The first-order chi connectivity index (χ1) is 12.8. The highest BCUT2D eigenvalue weighted by Gasteiger charge is 2.26. The lowest BCUT2D eigenvalue weighted by atomic mass is 10.0. The number of rotatable bonds is 4. The van der Waals surface area contributed by atoms with E-state index in [0.29, 0.717) is 6.61 Å². The average Bonchev–Trinajstić information content (AvgIpc) is 2.92. The van der Waals surface area contributed by atoms with Crippen molar-refractivity contribution in [1.29, 1.82) is 0 Å². The smallest absolute Gasteiger partial charge is 0.135 e. The Morgan fingerprint density at radius 3 is 3.04 bits per heavy atom. The predicted octanol–water partition coefficient (Wildman–Crippen LogP) is 2.05. The van der Waals surface area contributed by atoms with Crippen LogP contribution in [0.25, 0.3) is 0 Å².